The Bertz CT molecular complexity index is 1170. The van der Waals surface area contributed by atoms with Crippen molar-refractivity contribution < 1.29 is 41.1 Å². The Morgan fingerprint density at radius 1 is 1.06 bits per heavy atom. The second-order valence-corrected chi connectivity index (χ2v) is 9.45. The van der Waals surface area contributed by atoms with Gasteiger partial charge in [-0.05, 0) is 30.7 Å². The molecule has 0 fully saturated rings. The molecule has 2 aromatic rings. The second kappa shape index (κ2) is 9.53. The Morgan fingerprint density at radius 2 is 1.67 bits per heavy atom. The minimum atomic E-state index is -3.54. The van der Waals surface area contributed by atoms with Gasteiger partial charge in [-0.2, -0.15) is 8.78 Å². The van der Waals surface area contributed by atoms with E-state index in [9.17, 15) is 31.6 Å². The Balaban J connectivity index is 1.91. The van der Waals surface area contributed by atoms with E-state index in [4.69, 9.17) is 4.74 Å². The molecule has 1 heterocycles. The van der Waals surface area contributed by atoms with Gasteiger partial charge in [0.15, 0.2) is 11.5 Å². The standard InChI is InChI=1S/C21H20F2N2O7S/c1-31-16-8-7-12(11-17(16)32-21(22)23)24-18(26)15(9-10-33(2,29)30)25-19(27)13-5-3-4-6-14(13)20(25)28/h3-8,11,15,21H,9-10H2,1-2H3,(H,24,26). The molecule has 0 spiro atoms. The summed E-state index contributed by atoms with van der Waals surface area (Å²) in [6.45, 7) is -3.15. The summed E-state index contributed by atoms with van der Waals surface area (Å²) >= 11 is 0. The molecule has 1 aliphatic rings. The molecule has 0 saturated heterocycles. The van der Waals surface area contributed by atoms with Gasteiger partial charge >= 0.3 is 6.61 Å². The van der Waals surface area contributed by atoms with Gasteiger partial charge < -0.3 is 14.8 Å². The minimum Gasteiger partial charge on any atom is -0.493 e. The number of carbonyl (C=O) groups is 3. The van der Waals surface area contributed by atoms with E-state index in [1.54, 1.807) is 12.1 Å². The molecule has 2 aromatic carbocycles. The van der Waals surface area contributed by atoms with Crippen LogP contribution in [0.25, 0.3) is 0 Å². The highest BCUT2D eigenvalue weighted by Gasteiger charge is 2.42. The normalized spacial score (nSPS) is 14.3. The lowest BCUT2D eigenvalue weighted by atomic mass is 10.1. The van der Waals surface area contributed by atoms with E-state index in [0.717, 1.165) is 12.3 Å². The van der Waals surface area contributed by atoms with Gasteiger partial charge in [0, 0.05) is 18.0 Å². The summed E-state index contributed by atoms with van der Waals surface area (Å²) in [5, 5.41) is 2.43. The monoisotopic (exact) mass is 482 g/mol. The molecule has 3 rings (SSSR count). The van der Waals surface area contributed by atoms with Crippen LogP contribution in [0.5, 0.6) is 11.5 Å². The fourth-order valence-electron chi connectivity index (χ4n) is 3.36. The average molecular weight is 482 g/mol. The number of carbonyl (C=O) groups excluding carboxylic acids is 3. The summed E-state index contributed by atoms with van der Waals surface area (Å²) in [5.74, 6) is -3.18. The van der Waals surface area contributed by atoms with Gasteiger partial charge in [0.2, 0.25) is 5.91 Å². The lowest BCUT2D eigenvalue weighted by molar-refractivity contribution is -0.120. The second-order valence-electron chi connectivity index (χ2n) is 7.19. The molecular formula is C21H20F2N2O7S. The smallest absolute Gasteiger partial charge is 0.387 e. The number of hydrogen-bond donors (Lipinski definition) is 1. The summed E-state index contributed by atoms with van der Waals surface area (Å²) < 4.78 is 58.1. The van der Waals surface area contributed by atoms with Crippen LogP contribution in [0, 0.1) is 0 Å². The zero-order valence-corrected chi connectivity index (χ0v) is 18.4. The highest BCUT2D eigenvalue weighted by atomic mass is 32.2. The maximum atomic E-state index is 13.1. The summed E-state index contributed by atoms with van der Waals surface area (Å²) in [6, 6.07) is 8.21. The Morgan fingerprint density at radius 3 is 2.18 bits per heavy atom. The van der Waals surface area contributed by atoms with Crippen LogP contribution in [0.3, 0.4) is 0 Å². The number of halogens is 2. The maximum absolute atomic E-state index is 13.1. The van der Waals surface area contributed by atoms with E-state index in [2.05, 4.69) is 10.1 Å². The van der Waals surface area contributed by atoms with Crippen molar-refractivity contribution in [1.29, 1.82) is 0 Å². The van der Waals surface area contributed by atoms with Crippen molar-refractivity contribution in [3.8, 4) is 11.5 Å². The van der Waals surface area contributed by atoms with E-state index < -0.39 is 46.0 Å². The first kappa shape index (κ1) is 24.1. The number of anilines is 1. The average Bonchev–Trinajstić information content (AvgIpc) is 2.98. The van der Waals surface area contributed by atoms with E-state index in [0.29, 0.717) is 4.90 Å². The zero-order chi connectivity index (χ0) is 24.3. The van der Waals surface area contributed by atoms with Crippen molar-refractivity contribution in [2.24, 2.45) is 0 Å². The zero-order valence-electron chi connectivity index (χ0n) is 17.6. The van der Waals surface area contributed by atoms with Gasteiger partial charge in [-0.25, -0.2) is 8.42 Å². The van der Waals surface area contributed by atoms with Crippen LogP contribution in [0.15, 0.2) is 42.5 Å². The fraction of sp³-hybridized carbons (Fsp3) is 0.286. The van der Waals surface area contributed by atoms with Crippen LogP contribution in [0.1, 0.15) is 27.1 Å². The number of fused-ring (bicyclic) bond motifs is 1. The molecule has 0 saturated carbocycles. The largest absolute Gasteiger partial charge is 0.493 e. The van der Waals surface area contributed by atoms with Gasteiger partial charge in [0.25, 0.3) is 11.8 Å². The number of amides is 3. The van der Waals surface area contributed by atoms with Crippen molar-refractivity contribution in [2.45, 2.75) is 19.1 Å². The summed E-state index contributed by atoms with van der Waals surface area (Å²) in [5.41, 5.74) is 0.200. The van der Waals surface area contributed by atoms with Crippen LogP contribution in [-0.4, -0.2) is 62.8 Å². The lowest BCUT2D eigenvalue weighted by Gasteiger charge is -2.25. The predicted molar refractivity (Wildman–Crippen MR) is 113 cm³/mol. The molecule has 0 aromatic heterocycles. The number of rotatable bonds is 9. The van der Waals surface area contributed by atoms with Crippen molar-refractivity contribution in [3.05, 3.63) is 53.6 Å². The number of ether oxygens (including phenoxy) is 2. The molecule has 12 heteroatoms. The SMILES string of the molecule is COc1ccc(NC(=O)C(CCS(C)(=O)=O)N2C(=O)c3ccccc3C2=O)cc1OC(F)F. The van der Waals surface area contributed by atoms with Gasteiger partial charge in [0.1, 0.15) is 15.9 Å². The molecule has 0 radical (unpaired) electrons. The summed E-state index contributed by atoms with van der Waals surface area (Å²) in [6.07, 6.45) is 0.606. The molecule has 33 heavy (non-hydrogen) atoms. The number of methoxy groups -OCH3 is 1. The van der Waals surface area contributed by atoms with Crippen LogP contribution in [0.4, 0.5) is 14.5 Å². The van der Waals surface area contributed by atoms with Crippen LogP contribution < -0.4 is 14.8 Å². The van der Waals surface area contributed by atoms with Gasteiger partial charge in [-0.15, -0.1) is 0 Å². The fourth-order valence-corrected chi connectivity index (χ4v) is 4.01. The number of sulfone groups is 1. The molecule has 1 aliphatic heterocycles. The topological polar surface area (TPSA) is 119 Å². The Kier molecular flexibility index (Phi) is 6.96. The van der Waals surface area contributed by atoms with E-state index in [1.165, 1.54) is 31.4 Å². The number of benzene rings is 2. The summed E-state index contributed by atoms with van der Waals surface area (Å²) in [4.78, 5) is 39.5. The third-order valence-corrected chi connectivity index (χ3v) is 5.83. The molecule has 1 N–H and O–H groups in total. The number of alkyl halides is 2. The third-order valence-electron chi connectivity index (χ3n) is 4.85. The number of nitrogens with one attached hydrogen (secondary N) is 1. The van der Waals surface area contributed by atoms with Crippen molar-refractivity contribution in [1.82, 2.24) is 4.90 Å². The molecule has 0 aliphatic carbocycles. The molecule has 9 nitrogen and oxygen atoms in total. The molecule has 1 unspecified atom stereocenters. The Labute approximate surface area is 188 Å². The summed E-state index contributed by atoms with van der Waals surface area (Å²) in [7, 11) is -2.29. The van der Waals surface area contributed by atoms with Crippen molar-refractivity contribution >= 4 is 33.2 Å². The molecule has 176 valence electrons. The minimum absolute atomic E-state index is 0.0115. The van der Waals surface area contributed by atoms with E-state index >= 15 is 0 Å². The van der Waals surface area contributed by atoms with Crippen molar-refractivity contribution in [3.63, 3.8) is 0 Å². The highest BCUT2D eigenvalue weighted by molar-refractivity contribution is 7.90. The van der Waals surface area contributed by atoms with Gasteiger partial charge in [-0.1, -0.05) is 12.1 Å². The molecule has 0 bridgehead atoms. The lowest BCUT2D eigenvalue weighted by Crippen LogP contribution is -2.48. The van der Waals surface area contributed by atoms with Crippen LogP contribution in [0.2, 0.25) is 0 Å². The molecule has 1 atom stereocenters. The highest BCUT2D eigenvalue weighted by Crippen LogP contribution is 2.32. The first-order valence-corrected chi connectivity index (χ1v) is 11.7. The quantitative estimate of drug-likeness (QED) is 0.545. The number of imide groups is 1. The third kappa shape index (κ3) is 5.45. The van der Waals surface area contributed by atoms with Gasteiger partial charge in [-0.3, -0.25) is 19.3 Å². The first-order chi connectivity index (χ1) is 15.5. The van der Waals surface area contributed by atoms with E-state index in [1.807, 2.05) is 0 Å². The number of nitrogens with zero attached hydrogens (tertiary/aromatic N) is 1. The van der Waals surface area contributed by atoms with Crippen LogP contribution in [-0.2, 0) is 14.6 Å². The predicted octanol–water partition coefficient (Wildman–Crippen LogP) is 2.33. The Hall–Kier alpha value is -3.54. The number of hydrogen-bond acceptors (Lipinski definition) is 7. The van der Waals surface area contributed by atoms with Gasteiger partial charge in [0.05, 0.1) is 24.0 Å². The van der Waals surface area contributed by atoms with E-state index in [-0.39, 0.29) is 34.7 Å². The molecule has 3 amide bonds. The van der Waals surface area contributed by atoms with Crippen molar-refractivity contribution in [2.75, 3.05) is 24.4 Å². The molecular weight excluding hydrogens is 462 g/mol. The maximum Gasteiger partial charge on any atom is 0.387 e. The first-order valence-electron chi connectivity index (χ1n) is 9.60. The van der Waals surface area contributed by atoms with Crippen LogP contribution >= 0.6 is 0 Å².